The summed E-state index contributed by atoms with van der Waals surface area (Å²) in [5.41, 5.74) is 8.18. The van der Waals surface area contributed by atoms with Crippen LogP contribution in [0.4, 0.5) is 11.5 Å². The third-order valence-corrected chi connectivity index (χ3v) is 4.00. The van der Waals surface area contributed by atoms with Gasteiger partial charge in [0, 0.05) is 17.2 Å². The fourth-order valence-electron chi connectivity index (χ4n) is 2.73. The fourth-order valence-corrected chi connectivity index (χ4v) is 3.08. The Labute approximate surface area is 121 Å². The molecule has 2 heterocycles. The Morgan fingerprint density at radius 1 is 1.26 bits per heavy atom. The Bertz CT molecular complexity index is 571. The highest BCUT2D eigenvalue weighted by Crippen LogP contribution is 2.37. The first-order valence-electron chi connectivity index (χ1n) is 6.48. The van der Waals surface area contributed by atoms with E-state index in [2.05, 4.69) is 56.1 Å². The molecule has 0 saturated carbocycles. The summed E-state index contributed by atoms with van der Waals surface area (Å²) < 4.78 is 0.921. The monoisotopic (exact) mass is 317 g/mol. The molecule has 2 aromatic rings. The van der Waals surface area contributed by atoms with Gasteiger partial charge in [-0.2, -0.15) is 0 Å². The molecule has 1 aromatic heterocycles. The minimum Gasteiger partial charge on any atom is -0.396 e. The van der Waals surface area contributed by atoms with Crippen LogP contribution >= 0.6 is 15.9 Å². The van der Waals surface area contributed by atoms with Crippen molar-refractivity contribution in [2.75, 3.05) is 17.2 Å². The van der Waals surface area contributed by atoms with Gasteiger partial charge in [-0.15, -0.1) is 0 Å². The number of benzene rings is 1. The lowest BCUT2D eigenvalue weighted by Gasteiger charge is -2.27. The molecule has 0 spiro atoms. The van der Waals surface area contributed by atoms with Crippen molar-refractivity contribution in [2.24, 2.45) is 0 Å². The number of rotatable bonds is 2. The third kappa shape index (κ3) is 2.45. The molecule has 4 heteroatoms. The molecule has 98 valence electrons. The zero-order valence-electron chi connectivity index (χ0n) is 10.6. The second kappa shape index (κ2) is 5.21. The molecule has 1 unspecified atom stereocenters. The van der Waals surface area contributed by atoms with Crippen LogP contribution in [0.25, 0.3) is 0 Å². The standard InChI is InChI=1S/C15H16BrN3/c16-12-9-13(17)15(18-10-12)19-8-4-7-14(19)11-5-2-1-3-6-11/h1-3,5-6,9-10,14H,4,7-8,17H2. The van der Waals surface area contributed by atoms with E-state index in [1.54, 1.807) is 0 Å². The van der Waals surface area contributed by atoms with Gasteiger partial charge in [0.1, 0.15) is 0 Å². The molecule has 1 aliphatic rings. The van der Waals surface area contributed by atoms with Crippen LogP contribution in [0.1, 0.15) is 24.4 Å². The molecular formula is C15H16BrN3. The first-order chi connectivity index (χ1) is 9.25. The molecule has 3 nitrogen and oxygen atoms in total. The van der Waals surface area contributed by atoms with Crippen molar-refractivity contribution < 1.29 is 0 Å². The lowest BCUT2D eigenvalue weighted by atomic mass is 10.0. The number of nitrogen functional groups attached to an aromatic ring is 1. The van der Waals surface area contributed by atoms with E-state index in [0.717, 1.165) is 28.9 Å². The molecule has 1 fully saturated rings. The van der Waals surface area contributed by atoms with Crippen LogP contribution < -0.4 is 10.6 Å². The maximum atomic E-state index is 6.11. The van der Waals surface area contributed by atoms with Crippen molar-refractivity contribution >= 4 is 27.4 Å². The molecule has 0 bridgehead atoms. The molecule has 0 radical (unpaired) electrons. The molecule has 1 atom stereocenters. The third-order valence-electron chi connectivity index (χ3n) is 3.57. The normalized spacial score (nSPS) is 18.8. The predicted octanol–water partition coefficient (Wildman–Crippen LogP) is 3.77. The largest absolute Gasteiger partial charge is 0.396 e. The van der Waals surface area contributed by atoms with E-state index in [4.69, 9.17) is 5.73 Å². The van der Waals surface area contributed by atoms with Crippen molar-refractivity contribution in [3.63, 3.8) is 0 Å². The summed E-state index contributed by atoms with van der Waals surface area (Å²) >= 11 is 3.40. The highest BCUT2D eigenvalue weighted by Gasteiger charge is 2.28. The van der Waals surface area contributed by atoms with E-state index in [0.29, 0.717) is 6.04 Å². The summed E-state index contributed by atoms with van der Waals surface area (Å²) in [5.74, 6) is 0.898. The van der Waals surface area contributed by atoms with E-state index in [-0.39, 0.29) is 0 Å². The molecular weight excluding hydrogens is 302 g/mol. The SMILES string of the molecule is Nc1cc(Br)cnc1N1CCCC1c1ccccc1. The molecule has 2 N–H and O–H groups in total. The smallest absolute Gasteiger partial charge is 0.152 e. The number of hydrogen-bond acceptors (Lipinski definition) is 3. The highest BCUT2D eigenvalue weighted by atomic mass is 79.9. The molecule has 1 aliphatic heterocycles. The van der Waals surface area contributed by atoms with E-state index >= 15 is 0 Å². The maximum absolute atomic E-state index is 6.11. The molecule has 3 rings (SSSR count). The van der Waals surface area contributed by atoms with Gasteiger partial charge in [0.15, 0.2) is 5.82 Å². The quantitative estimate of drug-likeness (QED) is 0.916. The van der Waals surface area contributed by atoms with Crippen molar-refractivity contribution in [2.45, 2.75) is 18.9 Å². The van der Waals surface area contributed by atoms with Crippen molar-refractivity contribution in [3.8, 4) is 0 Å². The number of halogens is 1. The molecule has 1 aromatic carbocycles. The number of nitrogens with zero attached hydrogens (tertiary/aromatic N) is 2. The van der Waals surface area contributed by atoms with Crippen LogP contribution in [-0.2, 0) is 0 Å². The molecule has 0 amide bonds. The Morgan fingerprint density at radius 3 is 2.79 bits per heavy atom. The van der Waals surface area contributed by atoms with Gasteiger partial charge in [0.05, 0.1) is 11.7 Å². The van der Waals surface area contributed by atoms with Crippen molar-refractivity contribution in [1.82, 2.24) is 4.98 Å². The summed E-state index contributed by atoms with van der Waals surface area (Å²) in [6.07, 6.45) is 4.14. The lowest BCUT2D eigenvalue weighted by Crippen LogP contribution is -2.24. The fraction of sp³-hybridized carbons (Fsp3) is 0.267. The number of anilines is 2. The Kier molecular flexibility index (Phi) is 3.42. The zero-order chi connectivity index (χ0) is 13.2. The van der Waals surface area contributed by atoms with Gasteiger partial charge in [-0.05, 0) is 40.4 Å². The van der Waals surface area contributed by atoms with Gasteiger partial charge in [-0.3, -0.25) is 0 Å². The van der Waals surface area contributed by atoms with Crippen LogP contribution in [0, 0.1) is 0 Å². The number of hydrogen-bond donors (Lipinski definition) is 1. The summed E-state index contributed by atoms with van der Waals surface area (Å²) in [5, 5.41) is 0. The van der Waals surface area contributed by atoms with Crippen LogP contribution in [0.2, 0.25) is 0 Å². The van der Waals surface area contributed by atoms with Crippen LogP contribution in [0.5, 0.6) is 0 Å². The Hall–Kier alpha value is -1.55. The van der Waals surface area contributed by atoms with E-state index in [1.807, 2.05) is 12.3 Å². The summed E-state index contributed by atoms with van der Waals surface area (Å²) in [7, 11) is 0. The average Bonchev–Trinajstić information content (AvgIpc) is 2.89. The summed E-state index contributed by atoms with van der Waals surface area (Å²) in [4.78, 5) is 6.81. The van der Waals surface area contributed by atoms with Gasteiger partial charge in [0.2, 0.25) is 0 Å². The summed E-state index contributed by atoms with van der Waals surface area (Å²) in [6, 6.07) is 12.9. The number of pyridine rings is 1. The van der Waals surface area contributed by atoms with Gasteiger partial charge >= 0.3 is 0 Å². The molecule has 1 saturated heterocycles. The van der Waals surface area contributed by atoms with Gasteiger partial charge < -0.3 is 10.6 Å². The predicted molar refractivity (Wildman–Crippen MR) is 82.1 cm³/mol. The minimum atomic E-state index is 0.386. The number of nitrogens with two attached hydrogens (primary N) is 1. The van der Waals surface area contributed by atoms with Crippen LogP contribution in [0.15, 0.2) is 47.1 Å². The van der Waals surface area contributed by atoms with E-state index < -0.39 is 0 Å². The van der Waals surface area contributed by atoms with Crippen molar-refractivity contribution in [1.29, 1.82) is 0 Å². The van der Waals surface area contributed by atoms with Crippen LogP contribution in [0.3, 0.4) is 0 Å². The maximum Gasteiger partial charge on any atom is 0.152 e. The minimum absolute atomic E-state index is 0.386. The number of aromatic nitrogens is 1. The van der Waals surface area contributed by atoms with Crippen LogP contribution in [-0.4, -0.2) is 11.5 Å². The highest BCUT2D eigenvalue weighted by molar-refractivity contribution is 9.10. The lowest BCUT2D eigenvalue weighted by molar-refractivity contribution is 0.712. The average molecular weight is 318 g/mol. The van der Waals surface area contributed by atoms with Crippen molar-refractivity contribution in [3.05, 3.63) is 52.6 Å². The summed E-state index contributed by atoms with van der Waals surface area (Å²) in [6.45, 7) is 1.01. The Balaban J connectivity index is 1.95. The first-order valence-corrected chi connectivity index (χ1v) is 7.27. The first kappa shape index (κ1) is 12.5. The van der Waals surface area contributed by atoms with E-state index in [1.165, 1.54) is 12.0 Å². The topological polar surface area (TPSA) is 42.1 Å². The van der Waals surface area contributed by atoms with Gasteiger partial charge in [-0.25, -0.2) is 4.98 Å². The van der Waals surface area contributed by atoms with E-state index in [9.17, 15) is 0 Å². The zero-order valence-corrected chi connectivity index (χ0v) is 12.2. The Morgan fingerprint density at radius 2 is 2.05 bits per heavy atom. The second-order valence-corrected chi connectivity index (χ2v) is 5.74. The van der Waals surface area contributed by atoms with Gasteiger partial charge in [-0.1, -0.05) is 30.3 Å². The second-order valence-electron chi connectivity index (χ2n) is 4.83. The van der Waals surface area contributed by atoms with Gasteiger partial charge in [0.25, 0.3) is 0 Å². The molecule has 0 aliphatic carbocycles. The molecule has 19 heavy (non-hydrogen) atoms.